The second-order valence-electron chi connectivity index (χ2n) is 4.25. The van der Waals surface area contributed by atoms with Gasteiger partial charge in [-0.05, 0) is 11.6 Å². The number of nitrogens with two attached hydrogens (primary N) is 1. The first-order valence-corrected chi connectivity index (χ1v) is 6.33. The second kappa shape index (κ2) is 6.33. The van der Waals surface area contributed by atoms with Gasteiger partial charge in [0.05, 0.1) is 4.92 Å². The van der Waals surface area contributed by atoms with Crippen LogP contribution in [-0.2, 0) is 6.54 Å². The van der Waals surface area contributed by atoms with Crippen molar-refractivity contribution in [3.05, 3.63) is 51.2 Å². The zero-order valence-corrected chi connectivity index (χ0v) is 11.9. The van der Waals surface area contributed by atoms with Gasteiger partial charge in [-0.15, -0.1) is 0 Å². The van der Waals surface area contributed by atoms with E-state index >= 15 is 0 Å². The lowest BCUT2D eigenvalue weighted by atomic mass is 10.2. The van der Waals surface area contributed by atoms with Gasteiger partial charge in [-0.25, -0.2) is 10.8 Å². The molecule has 0 radical (unpaired) electrons. The number of anilines is 2. The molecule has 2 aromatic rings. The molecule has 21 heavy (non-hydrogen) atoms. The molecule has 0 spiro atoms. The summed E-state index contributed by atoms with van der Waals surface area (Å²) in [6.45, 7) is 0.363. The molecule has 0 saturated heterocycles. The van der Waals surface area contributed by atoms with Crippen LogP contribution in [0.2, 0.25) is 5.02 Å². The molecule has 0 aliphatic rings. The van der Waals surface area contributed by atoms with Gasteiger partial charge in [-0.1, -0.05) is 29.8 Å². The van der Waals surface area contributed by atoms with Gasteiger partial charge < -0.3 is 4.90 Å². The third-order valence-corrected chi connectivity index (χ3v) is 3.17. The molecule has 1 aromatic heterocycles. The van der Waals surface area contributed by atoms with Gasteiger partial charge in [0.2, 0.25) is 11.8 Å². The Hall–Kier alpha value is -2.45. The lowest BCUT2D eigenvalue weighted by Gasteiger charge is -2.19. The molecule has 110 valence electrons. The van der Waals surface area contributed by atoms with Crippen LogP contribution in [0.3, 0.4) is 0 Å². The summed E-state index contributed by atoms with van der Waals surface area (Å²) in [5, 5.41) is 11.6. The predicted molar refractivity (Wildman–Crippen MR) is 80.1 cm³/mol. The molecule has 0 aliphatic carbocycles. The van der Waals surface area contributed by atoms with Gasteiger partial charge in [-0.2, -0.15) is 4.98 Å². The minimum atomic E-state index is -0.543. The lowest BCUT2D eigenvalue weighted by Crippen LogP contribution is -2.21. The number of nitrogens with zero attached hydrogens (tertiary/aromatic N) is 4. The summed E-state index contributed by atoms with van der Waals surface area (Å²) in [4.78, 5) is 19.9. The van der Waals surface area contributed by atoms with Crippen molar-refractivity contribution in [2.45, 2.75) is 6.54 Å². The van der Waals surface area contributed by atoms with Crippen LogP contribution in [0.15, 0.2) is 30.5 Å². The Morgan fingerprint density at radius 1 is 1.48 bits per heavy atom. The summed E-state index contributed by atoms with van der Waals surface area (Å²) in [5.41, 5.74) is 2.89. The van der Waals surface area contributed by atoms with Crippen molar-refractivity contribution in [3.63, 3.8) is 0 Å². The van der Waals surface area contributed by atoms with Crippen molar-refractivity contribution in [2.24, 2.45) is 5.84 Å². The van der Waals surface area contributed by atoms with Crippen LogP contribution >= 0.6 is 11.6 Å². The molecule has 9 heteroatoms. The maximum absolute atomic E-state index is 11.1. The molecular weight excluding hydrogens is 296 g/mol. The van der Waals surface area contributed by atoms with E-state index in [0.717, 1.165) is 11.8 Å². The highest BCUT2D eigenvalue weighted by molar-refractivity contribution is 6.31. The Morgan fingerprint density at radius 2 is 2.19 bits per heavy atom. The smallest absolute Gasteiger partial charge is 0.329 e. The lowest BCUT2D eigenvalue weighted by molar-refractivity contribution is -0.384. The molecule has 0 atom stereocenters. The molecule has 1 heterocycles. The highest BCUT2D eigenvalue weighted by Crippen LogP contribution is 2.27. The minimum absolute atomic E-state index is 0.0987. The third kappa shape index (κ3) is 3.36. The van der Waals surface area contributed by atoms with Crippen molar-refractivity contribution in [2.75, 3.05) is 17.4 Å². The first kappa shape index (κ1) is 14.9. The fourth-order valence-corrected chi connectivity index (χ4v) is 2.00. The first-order valence-electron chi connectivity index (χ1n) is 5.95. The standard InChI is InChI=1S/C12H13ClN6O2/c1-18(7-8-4-2-3-5-9(8)13)11-10(19(20)21)6-15-12(16-11)17-14/h2-6H,7,14H2,1H3,(H,15,16,17). The minimum Gasteiger partial charge on any atom is -0.349 e. The highest BCUT2D eigenvalue weighted by Gasteiger charge is 2.21. The molecule has 0 aliphatic heterocycles. The summed E-state index contributed by atoms with van der Waals surface area (Å²) in [5.74, 6) is 5.49. The van der Waals surface area contributed by atoms with Crippen LogP contribution < -0.4 is 16.2 Å². The number of benzene rings is 1. The van der Waals surface area contributed by atoms with Gasteiger partial charge >= 0.3 is 5.69 Å². The van der Waals surface area contributed by atoms with Crippen LogP contribution in [0.25, 0.3) is 0 Å². The summed E-state index contributed by atoms with van der Waals surface area (Å²) >= 11 is 6.09. The van der Waals surface area contributed by atoms with E-state index < -0.39 is 4.92 Å². The van der Waals surface area contributed by atoms with E-state index in [0.29, 0.717) is 11.6 Å². The van der Waals surface area contributed by atoms with Crippen molar-refractivity contribution in [1.82, 2.24) is 9.97 Å². The number of aromatic nitrogens is 2. The topological polar surface area (TPSA) is 110 Å². The maximum Gasteiger partial charge on any atom is 0.329 e. The Balaban J connectivity index is 2.35. The number of rotatable bonds is 5. The molecule has 0 amide bonds. The highest BCUT2D eigenvalue weighted by atomic mass is 35.5. The van der Waals surface area contributed by atoms with E-state index in [2.05, 4.69) is 15.4 Å². The fraction of sp³-hybridized carbons (Fsp3) is 0.167. The van der Waals surface area contributed by atoms with Gasteiger partial charge in [-0.3, -0.25) is 15.5 Å². The Labute approximate surface area is 125 Å². The van der Waals surface area contributed by atoms with Gasteiger partial charge in [0.25, 0.3) is 0 Å². The molecule has 2 rings (SSSR count). The Morgan fingerprint density at radius 3 is 2.81 bits per heavy atom. The van der Waals surface area contributed by atoms with Crippen molar-refractivity contribution < 1.29 is 4.92 Å². The number of halogens is 1. The monoisotopic (exact) mass is 308 g/mol. The number of nitrogens with one attached hydrogen (secondary N) is 1. The number of hydrogen-bond acceptors (Lipinski definition) is 7. The molecule has 0 bridgehead atoms. The van der Waals surface area contributed by atoms with Crippen molar-refractivity contribution >= 4 is 29.1 Å². The normalized spacial score (nSPS) is 10.2. The average molecular weight is 309 g/mol. The van der Waals surface area contributed by atoms with E-state index in [1.54, 1.807) is 18.0 Å². The third-order valence-electron chi connectivity index (χ3n) is 2.80. The van der Waals surface area contributed by atoms with Crippen LogP contribution in [-0.4, -0.2) is 21.9 Å². The number of nitro groups is 1. The van der Waals surface area contributed by atoms with E-state index in [4.69, 9.17) is 17.4 Å². The molecule has 0 unspecified atom stereocenters. The Bertz CT molecular complexity index is 666. The van der Waals surface area contributed by atoms with E-state index in [-0.39, 0.29) is 17.5 Å². The van der Waals surface area contributed by atoms with Crippen molar-refractivity contribution in [3.8, 4) is 0 Å². The summed E-state index contributed by atoms with van der Waals surface area (Å²) < 4.78 is 0. The zero-order chi connectivity index (χ0) is 15.4. The SMILES string of the molecule is CN(Cc1ccccc1Cl)c1nc(NN)ncc1[N+](=O)[O-]. The van der Waals surface area contributed by atoms with Crippen LogP contribution in [0.1, 0.15) is 5.56 Å². The van der Waals surface area contributed by atoms with Gasteiger partial charge in [0.1, 0.15) is 6.20 Å². The average Bonchev–Trinajstić information content (AvgIpc) is 2.48. The summed E-state index contributed by atoms with van der Waals surface area (Å²) in [6.07, 6.45) is 1.11. The number of nitrogen functional groups attached to an aromatic ring is 1. The predicted octanol–water partition coefficient (Wildman–Crippen LogP) is 1.96. The van der Waals surface area contributed by atoms with Crippen LogP contribution in [0.4, 0.5) is 17.5 Å². The van der Waals surface area contributed by atoms with Gasteiger partial charge in [0, 0.05) is 18.6 Å². The second-order valence-corrected chi connectivity index (χ2v) is 4.66. The molecule has 1 aromatic carbocycles. The largest absolute Gasteiger partial charge is 0.349 e. The summed E-state index contributed by atoms with van der Waals surface area (Å²) in [6, 6.07) is 7.26. The molecular formula is C12H13ClN6O2. The zero-order valence-electron chi connectivity index (χ0n) is 11.2. The van der Waals surface area contributed by atoms with E-state index in [9.17, 15) is 10.1 Å². The fourth-order valence-electron chi connectivity index (χ4n) is 1.80. The molecule has 3 N–H and O–H groups in total. The number of hydrogen-bond donors (Lipinski definition) is 2. The van der Waals surface area contributed by atoms with Crippen LogP contribution in [0.5, 0.6) is 0 Å². The van der Waals surface area contributed by atoms with Crippen molar-refractivity contribution in [1.29, 1.82) is 0 Å². The van der Waals surface area contributed by atoms with Crippen LogP contribution in [0, 0.1) is 10.1 Å². The Kier molecular flexibility index (Phi) is 4.51. The molecule has 8 nitrogen and oxygen atoms in total. The summed E-state index contributed by atoms with van der Waals surface area (Å²) in [7, 11) is 1.68. The van der Waals surface area contributed by atoms with E-state index in [1.165, 1.54) is 0 Å². The molecule has 0 saturated carbocycles. The van der Waals surface area contributed by atoms with Gasteiger partial charge in [0.15, 0.2) is 0 Å². The molecule has 0 fully saturated rings. The number of hydrazine groups is 1. The quantitative estimate of drug-likeness (QED) is 0.493. The van der Waals surface area contributed by atoms with E-state index in [1.807, 2.05) is 18.2 Å². The first-order chi connectivity index (χ1) is 10.0. The maximum atomic E-state index is 11.1.